The average molecular weight is 317 g/mol. The third-order valence-corrected chi connectivity index (χ3v) is 4.15. The van der Waals surface area contributed by atoms with Crippen molar-refractivity contribution in [1.29, 1.82) is 0 Å². The molecule has 0 spiro atoms. The highest BCUT2D eigenvalue weighted by Crippen LogP contribution is 2.33. The second-order valence-corrected chi connectivity index (χ2v) is 5.67. The van der Waals surface area contributed by atoms with Crippen molar-refractivity contribution < 1.29 is 9.15 Å². The van der Waals surface area contributed by atoms with Crippen LogP contribution in [0.5, 0.6) is 5.75 Å². The molecule has 0 aliphatic rings. The minimum Gasteiger partial charge on any atom is -0.494 e. The highest BCUT2D eigenvalue weighted by Gasteiger charge is 2.10. The smallest absolute Gasteiger partial charge is 0.158 e. The molecule has 0 aliphatic heterocycles. The molecule has 120 valence electrons. The van der Waals surface area contributed by atoms with Crippen molar-refractivity contribution in [2.24, 2.45) is 0 Å². The Kier molecular flexibility index (Phi) is 3.83. The Balaban J connectivity index is 1.68. The minimum atomic E-state index is 0.663. The molecule has 0 amide bonds. The zero-order valence-electron chi connectivity index (χ0n) is 13.6. The molecule has 0 saturated carbocycles. The normalized spacial score (nSPS) is 11.0. The zero-order valence-corrected chi connectivity index (χ0v) is 13.6. The molecular weight excluding hydrogens is 298 g/mol. The third kappa shape index (κ3) is 2.58. The van der Waals surface area contributed by atoms with Crippen LogP contribution in [-0.4, -0.2) is 6.61 Å². The van der Waals surface area contributed by atoms with Crippen LogP contribution in [0.25, 0.3) is 21.9 Å². The highest BCUT2D eigenvalue weighted by atomic mass is 16.5. The number of anilines is 1. The van der Waals surface area contributed by atoms with Crippen LogP contribution in [0.15, 0.2) is 71.1 Å². The first kappa shape index (κ1) is 14.6. The number of hydrogen-bond donors (Lipinski definition) is 1. The lowest BCUT2D eigenvalue weighted by molar-refractivity contribution is 0.337. The van der Waals surface area contributed by atoms with Crippen molar-refractivity contribution in [3.8, 4) is 5.75 Å². The molecule has 0 fully saturated rings. The molecule has 4 rings (SSSR count). The Labute approximate surface area is 140 Å². The van der Waals surface area contributed by atoms with Crippen molar-refractivity contribution in [2.75, 3.05) is 11.9 Å². The number of nitrogens with one attached hydrogen (secondary N) is 1. The van der Waals surface area contributed by atoms with Gasteiger partial charge >= 0.3 is 0 Å². The third-order valence-electron chi connectivity index (χ3n) is 4.15. The number of para-hydroxylation sites is 3. The second-order valence-electron chi connectivity index (χ2n) is 5.67. The molecule has 3 nitrogen and oxygen atoms in total. The van der Waals surface area contributed by atoms with Crippen molar-refractivity contribution in [3.63, 3.8) is 0 Å². The van der Waals surface area contributed by atoms with Crippen molar-refractivity contribution in [1.82, 2.24) is 0 Å². The average Bonchev–Trinajstić information content (AvgIpc) is 3.01. The lowest BCUT2D eigenvalue weighted by Crippen LogP contribution is -2.03. The standard InChI is InChI=1S/C21H19NO2/c1-2-23-19-12-5-3-8-15(19)14-22-18-11-7-10-17-16-9-4-6-13-20(16)24-21(17)18/h3-13,22H,2,14H2,1H3. The predicted octanol–water partition coefficient (Wildman–Crippen LogP) is 5.60. The molecule has 0 saturated heterocycles. The van der Waals surface area contributed by atoms with Gasteiger partial charge in [0.15, 0.2) is 5.58 Å². The van der Waals surface area contributed by atoms with Crippen molar-refractivity contribution in [2.45, 2.75) is 13.5 Å². The molecule has 24 heavy (non-hydrogen) atoms. The van der Waals surface area contributed by atoms with E-state index >= 15 is 0 Å². The largest absolute Gasteiger partial charge is 0.494 e. The van der Waals surface area contributed by atoms with E-state index in [4.69, 9.17) is 9.15 Å². The van der Waals surface area contributed by atoms with Crippen LogP contribution in [-0.2, 0) is 6.54 Å². The first-order valence-corrected chi connectivity index (χ1v) is 8.21. The zero-order chi connectivity index (χ0) is 16.4. The van der Waals surface area contributed by atoms with Gasteiger partial charge in [0.25, 0.3) is 0 Å². The van der Waals surface area contributed by atoms with Crippen molar-refractivity contribution in [3.05, 3.63) is 72.3 Å². The maximum Gasteiger partial charge on any atom is 0.158 e. The minimum absolute atomic E-state index is 0.663. The fourth-order valence-electron chi connectivity index (χ4n) is 3.02. The quantitative estimate of drug-likeness (QED) is 0.520. The molecule has 1 N–H and O–H groups in total. The van der Waals surface area contributed by atoms with Crippen molar-refractivity contribution >= 4 is 27.6 Å². The Morgan fingerprint density at radius 3 is 2.58 bits per heavy atom. The van der Waals surface area contributed by atoms with E-state index in [1.54, 1.807) is 0 Å². The molecule has 1 aromatic heterocycles. The number of fused-ring (bicyclic) bond motifs is 3. The van der Waals surface area contributed by atoms with Crippen LogP contribution in [0.4, 0.5) is 5.69 Å². The summed E-state index contributed by atoms with van der Waals surface area (Å²) < 4.78 is 11.8. The molecule has 4 aromatic rings. The van der Waals surface area contributed by atoms with Gasteiger partial charge in [-0.05, 0) is 25.1 Å². The van der Waals surface area contributed by atoms with Gasteiger partial charge < -0.3 is 14.5 Å². The first-order chi connectivity index (χ1) is 11.9. The Hall–Kier alpha value is -2.94. The summed E-state index contributed by atoms with van der Waals surface area (Å²) in [5.74, 6) is 0.921. The fourth-order valence-corrected chi connectivity index (χ4v) is 3.02. The Morgan fingerprint density at radius 2 is 1.67 bits per heavy atom. The molecule has 1 heterocycles. The van der Waals surface area contributed by atoms with Crippen LogP contribution < -0.4 is 10.1 Å². The van der Waals surface area contributed by atoms with Gasteiger partial charge in [-0.1, -0.05) is 48.5 Å². The molecule has 0 atom stereocenters. The fraction of sp³-hybridized carbons (Fsp3) is 0.143. The van der Waals surface area contributed by atoms with E-state index in [0.717, 1.165) is 38.9 Å². The van der Waals surface area contributed by atoms with Gasteiger partial charge in [-0.3, -0.25) is 0 Å². The van der Waals surface area contributed by atoms with Gasteiger partial charge in [0.2, 0.25) is 0 Å². The van der Waals surface area contributed by atoms with Gasteiger partial charge in [0, 0.05) is 22.9 Å². The summed E-state index contributed by atoms with van der Waals surface area (Å²) in [6, 6.07) is 22.4. The molecule has 3 heteroatoms. The predicted molar refractivity (Wildman–Crippen MR) is 98.7 cm³/mol. The summed E-state index contributed by atoms with van der Waals surface area (Å²) in [5, 5.41) is 5.77. The summed E-state index contributed by atoms with van der Waals surface area (Å²) in [6.45, 7) is 3.35. The monoisotopic (exact) mass is 317 g/mol. The van der Waals surface area contributed by atoms with E-state index in [1.807, 2.05) is 49.4 Å². The van der Waals surface area contributed by atoms with Crippen LogP contribution in [0, 0.1) is 0 Å². The topological polar surface area (TPSA) is 34.4 Å². The van der Waals surface area contributed by atoms with E-state index in [1.165, 1.54) is 0 Å². The first-order valence-electron chi connectivity index (χ1n) is 8.21. The molecule has 3 aromatic carbocycles. The highest BCUT2D eigenvalue weighted by molar-refractivity contribution is 6.08. The summed E-state index contributed by atoms with van der Waals surface area (Å²) in [4.78, 5) is 0. The van der Waals surface area contributed by atoms with Crippen LogP contribution in [0.1, 0.15) is 12.5 Å². The van der Waals surface area contributed by atoms with E-state index in [9.17, 15) is 0 Å². The van der Waals surface area contributed by atoms with Gasteiger partial charge in [-0.25, -0.2) is 0 Å². The Morgan fingerprint density at radius 1 is 0.875 bits per heavy atom. The van der Waals surface area contributed by atoms with E-state index in [0.29, 0.717) is 13.2 Å². The van der Waals surface area contributed by atoms with Gasteiger partial charge in [-0.15, -0.1) is 0 Å². The Bertz CT molecular complexity index is 987. The van der Waals surface area contributed by atoms with E-state index < -0.39 is 0 Å². The van der Waals surface area contributed by atoms with Gasteiger partial charge in [0.05, 0.1) is 12.3 Å². The molecule has 0 unspecified atom stereocenters. The van der Waals surface area contributed by atoms with E-state index in [-0.39, 0.29) is 0 Å². The lowest BCUT2D eigenvalue weighted by Gasteiger charge is -2.11. The summed E-state index contributed by atoms with van der Waals surface area (Å²) >= 11 is 0. The number of benzene rings is 3. The van der Waals surface area contributed by atoms with Crippen LogP contribution >= 0.6 is 0 Å². The second kappa shape index (κ2) is 6.28. The molecule has 0 aliphatic carbocycles. The summed E-state index contributed by atoms with van der Waals surface area (Å²) in [6.07, 6.45) is 0. The maximum absolute atomic E-state index is 6.06. The van der Waals surface area contributed by atoms with Gasteiger partial charge in [-0.2, -0.15) is 0 Å². The molecule has 0 radical (unpaired) electrons. The van der Waals surface area contributed by atoms with Crippen LogP contribution in [0.2, 0.25) is 0 Å². The number of furan rings is 1. The maximum atomic E-state index is 6.06. The molecular formula is C21H19NO2. The van der Waals surface area contributed by atoms with Crippen LogP contribution in [0.3, 0.4) is 0 Å². The SMILES string of the molecule is CCOc1ccccc1CNc1cccc2c1oc1ccccc12. The summed E-state index contributed by atoms with van der Waals surface area (Å²) in [5.41, 5.74) is 3.94. The van der Waals surface area contributed by atoms with Gasteiger partial charge in [0.1, 0.15) is 11.3 Å². The van der Waals surface area contributed by atoms with E-state index in [2.05, 4.69) is 29.6 Å². The number of hydrogen-bond acceptors (Lipinski definition) is 3. The molecule has 0 bridgehead atoms. The summed E-state index contributed by atoms with van der Waals surface area (Å²) in [7, 11) is 0. The number of rotatable bonds is 5. The lowest BCUT2D eigenvalue weighted by atomic mass is 10.1. The number of ether oxygens (including phenoxy) is 1.